The van der Waals surface area contributed by atoms with Crippen LogP contribution in [0.1, 0.15) is 17.2 Å². The van der Waals surface area contributed by atoms with Gasteiger partial charge in [0.25, 0.3) is 0 Å². The Morgan fingerprint density at radius 2 is 1.27 bits per heavy atom. The molecule has 0 unspecified atom stereocenters. The Kier molecular flexibility index (Phi) is 9.45. The summed E-state index contributed by atoms with van der Waals surface area (Å²) in [5.74, 6) is 1.12. The van der Waals surface area contributed by atoms with Crippen molar-refractivity contribution < 1.29 is 21.9 Å². The number of methoxy groups -OCH3 is 1. The molecular formula is C30H36ClN4O2-. The van der Waals surface area contributed by atoms with Gasteiger partial charge in [0, 0.05) is 58.0 Å². The minimum absolute atomic E-state index is 0. The average Bonchev–Trinajstić information content (AvgIpc) is 2.95. The molecule has 0 N–H and O–H groups in total. The first-order valence-corrected chi connectivity index (χ1v) is 12.9. The SMILES string of the molecule is COc1ccc(N2CCN(C(=O)CN3CCN(C(c4ccccc4)c4ccccc4)CC3)CC2)cc1.[Cl-]. The number of halogens is 1. The van der Waals surface area contributed by atoms with Crippen LogP contribution in [0.2, 0.25) is 0 Å². The van der Waals surface area contributed by atoms with E-state index in [4.69, 9.17) is 4.74 Å². The minimum atomic E-state index is 0. The Morgan fingerprint density at radius 1 is 0.730 bits per heavy atom. The van der Waals surface area contributed by atoms with Crippen LogP contribution in [0.4, 0.5) is 5.69 Å². The highest BCUT2D eigenvalue weighted by Gasteiger charge is 2.28. The fraction of sp³-hybridized carbons (Fsp3) is 0.367. The van der Waals surface area contributed by atoms with E-state index in [9.17, 15) is 4.79 Å². The van der Waals surface area contributed by atoms with Crippen LogP contribution in [0.15, 0.2) is 84.9 Å². The number of benzene rings is 3. The predicted molar refractivity (Wildman–Crippen MR) is 145 cm³/mol. The van der Waals surface area contributed by atoms with Gasteiger partial charge in [-0.2, -0.15) is 0 Å². The summed E-state index contributed by atoms with van der Waals surface area (Å²) < 4.78 is 5.26. The zero-order chi connectivity index (χ0) is 24.7. The van der Waals surface area contributed by atoms with E-state index < -0.39 is 0 Å². The molecule has 0 aliphatic carbocycles. The number of ether oxygens (including phenoxy) is 1. The third-order valence-electron chi connectivity index (χ3n) is 7.43. The molecule has 2 aliphatic rings. The van der Waals surface area contributed by atoms with Gasteiger partial charge in [0.15, 0.2) is 0 Å². The molecule has 2 heterocycles. The van der Waals surface area contributed by atoms with Crippen molar-refractivity contribution in [3.63, 3.8) is 0 Å². The molecule has 6 nitrogen and oxygen atoms in total. The lowest BCUT2D eigenvalue weighted by Gasteiger charge is -2.41. The number of hydrogen-bond acceptors (Lipinski definition) is 5. The van der Waals surface area contributed by atoms with Crippen molar-refractivity contribution in [1.82, 2.24) is 14.7 Å². The second-order valence-corrected chi connectivity index (χ2v) is 9.60. The fourth-order valence-corrected chi connectivity index (χ4v) is 5.36. The number of carbonyl (C=O) groups excluding carboxylic acids is 1. The molecule has 0 spiro atoms. The number of piperazine rings is 2. The van der Waals surface area contributed by atoms with Crippen LogP contribution in [0.25, 0.3) is 0 Å². The van der Waals surface area contributed by atoms with Crippen molar-refractivity contribution in [3.05, 3.63) is 96.1 Å². The molecule has 0 atom stereocenters. The molecule has 3 aromatic rings. The average molecular weight is 520 g/mol. The summed E-state index contributed by atoms with van der Waals surface area (Å²) in [6.07, 6.45) is 0. The van der Waals surface area contributed by atoms with Crippen LogP contribution < -0.4 is 22.0 Å². The van der Waals surface area contributed by atoms with E-state index in [1.165, 1.54) is 16.8 Å². The number of nitrogens with zero attached hydrogens (tertiary/aromatic N) is 4. The quantitative estimate of drug-likeness (QED) is 0.461. The van der Waals surface area contributed by atoms with Crippen molar-refractivity contribution in [2.75, 3.05) is 70.9 Å². The highest BCUT2D eigenvalue weighted by Crippen LogP contribution is 2.29. The van der Waals surface area contributed by atoms with Crippen molar-refractivity contribution in [2.24, 2.45) is 0 Å². The summed E-state index contributed by atoms with van der Waals surface area (Å²) in [5.41, 5.74) is 3.83. The van der Waals surface area contributed by atoms with Crippen LogP contribution >= 0.6 is 0 Å². The molecule has 37 heavy (non-hydrogen) atoms. The molecular weight excluding hydrogens is 484 g/mol. The van der Waals surface area contributed by atoms with E-state index in [2.05, 4.69) is 87.5 Å². The van der Waals surface area contributed by atoms with Crippen LogP contribution in [0.3, 0.4) is 0 Å². The van der Waals surface area contributed by atoms with Crippen LogP contribution in [-0.4, -0.2) is 86.6 Å². The molecule has 3 aromatic carbocycles. The van der Waals surface area contributed by atoms with Gasteiger partial charge in [0.1, 0.15) is 5.75 Å². The van der Waals surface area contributed by atoms with Gasteiger partial charge < -0.3 is 26.9 Å². The number of amides is 1. The maximum absolute atomic E-state index is 13.1. The van der Waals surface area contributed by atoms with Gasteiger partial charge in [-0.15, -0.1) is 0 Å². The molecule has 1 amide bonds. The lowest BCUT2D eigenvalue weighted by atomic mass is 9.96. The van der Waals surface area contributed by atoms with Crippen molar-refractivity contribution in [1.29, 1.82) is 0 Å². The van der Waals surface area contributed by atoms with Gasteiger partial charge in [-0.25, -0.2) is 0 Å². The molecule has 7 heteroatoms. The third-order valence-corrected chi connectivity index (χ3v) is 7.43. The summed E-state index contributed by atoms with van der Waals surface area (Å²) >= 11 is 0. The second-order valence-electron chi connectivity index (χ2n) is 9.60. The highest BCUT2D eigenvalue weighted by molar-refractivity contribution is 5.78. The van der Waals surface area contributed by atoms with E-state index in [1.807, 2.05) is 17.0 Å². The summed E-state index contributed by atoms with van der Waals surface area (Å²) in [5, 5.41) is 0. The first kappa shape index (κ1) is 27.0. The molecule has 0 bridgehead atoms. The lowest BCUT2D eigenvalue weighted by molar-refractivity contribution is -0.133. The van der Waals surface area contributed by atoms with Gasteiger partial charge in [0.2, 0.25) is 5.91 Å². The van der Waals surface area contributed by atoms with Gasteiger partial charge in [0.05, 0.1) is 19.7 Å². The third kappa shape index (κ3) is 6.63. The Balaban J connectivity index is 0.00000320. The summed E-state index contributed by atoms with van der Waals surface area (Å²) in [4.78, 5) is 22.3. The fourth-order valence-electron chi connectivity index (χ4n) is 5.36. The van der Waals surface area contributed by atoms with E-state index in [0.717, 1.165) is 58.1 Å². The Hall–Kier alpha value is -3.06. The minimum Gasteiger partial charge on any atom is -1.00 e. The Morgan fingerprint density at radius 3 is 1.78 bits per heavy atom. The number of rotatable bonds is 7. The van der Waals surface area contributed by atoms with E-state index in [-0.39, 0.29) is 24.4 Å². The van der Waals surface area contributed by atoms with Crippen molar-refractivity contribution in [2.45, 2.75) is 6.04 Å². The topological polar surface area (TPSA) is 39.3 Å². The zero-order valence-corrected chi connectivity index (χ0v) is 22.3. The van der Waals surface area contributed by atoms with Crippen molar-refractivity contribution in [3.8, 4) is 5.75 Å². The summed E-state index contributed by atoms with van der Waals surface area (Å²) in [7, 11) is 1.68. The van der Waals surface area contributed by atoms with Crippen LogP contribution in [0.5, 0.6) is 5.75 Å². The first-order chi connectivity index (χ1) is 17.7. The molecule has 196 valence electrons. The normalized spacial score (nSPS) is 16.9. The summed E-state index contributed by atoms with van der Waals surface area (Å²) in [6, 6.07) is 29.9. The predicted octanol–water partition coefficient (Wildman–Crippen LogP) is 0.755. The molecule has 2 fully saturated rings. The monoisotopic (exact) mass is 519 g/mol. The Labute approximate surface area is 226 Å². The number of anilines is 1. The molecule has 0 saturated carbocycles. The van der Waals surface area contributed by atoms with Gasteiger partial charge in [-0.3, -0.25) is 14.6 Å². The largest absolute Gasteiger partial charge is 1.00 e. The smallest absolute Gasteiger partial charge is 0.236 e. The number of carbonyl (C=O) groups is 1. The second kappa shape index (κ2) is 13.0. The van der Waals surface area contributed by atoms with Crippen LogP contribution in [0, 0.1) is 0 Å². The Bertz CT molecular complexity index is 1060. The molecule has 2 saturated heterocycles. The van der Waals surface area contributed by atoms with Gasteiger partial charge in [-0.05, 0) is 35.4 Å². The van der Waals surface area contributed by atoms with Gasteiger partial charge >= 0.3 is 0 Å². The zero-order valence-electron chi connectivity index (χ0n) is 21.5. The number of hydrogen-bond donors (Lipinski definition) is 0. The van der Waals surface area contributed by atoms with Crippen LogP contribution in [-0.2, 0) is 4.79 Å². The maximum Gasteiger partial charge on any atom is 0.236 e. The van der Waals surface area contributed by atoms with Crippen molar-refractivity contribution >= 4 is 11.6 Å². The van der Waals surface area contributed by atoms with E-state index in [1.54, 1.807) is 7.11 Å². The standard InChI is InChI=1S/C30H36N4O2.ClH/c1-36-28-14-12-27(13-15-28)32-20-22-33(23-21-32)29(35)24-31-16-18-34(19-17-31)30(25-8-4-2-5-9-25)26-10-6-3-7-11-26;/h2-15,30H,16-24H2,1H3;1H/p-1. The van der Waals surface area contributed by atoms with E-state index in [0.29, 0.717) is 6.54 Å². The lowest BCUT2D eigenvalue weighted by Crippen LogP contribution is -3.00. The van der Waals surface area contributed by atoms with E-state index >= 15 is 0 Å². The molecule has 5 rings (SSSR count). The maximum atomic E-state index is 13.1. The molecule has 2 aliphatic heterocycles. The summed E-state index contributed by atoms with van der Waals surface area (Å²) in [6.45, 7) is 7.51. The molecule has 0 aromatic heterocycles. The molecule has 0 radical (unpaired) electrons. The highest BCUT2D eigenvalue weighted by atomic mass is 35.5. The van der Waals surface area contributed by atoms with Gasteiger partial charge in [-0.1, -0.05) is 60.7 Å². The first-order valence-electron chi connectivity index (χ1n) is 12.9.